The number of amides is 1. The summed E-state index contributed by atoms with van der Waals surface area (Å²) in [6, 6.07) is 10.8. The minimum atomic E-state index is -0.219. The average Bonchev–Trinajstić information content (AvgIpc) is 2.64. The summed E-state index contributed by atoms with van der Waals surface area (Å²) in [5, 5.41) is 3.70. The number of hydrogen-bond acceptors (Lipinski definition) is 3. The summed E-state index contributed by atoms with van der Waals surface area (Å²) in [5.41, 5.74) is 1.38. The second kappa shape index (κ2) is 8.32. The van der Waals surface area contributed by atoms with Crippen molar-refractivity contribution in [2.45, 2.75) is 25.3 Å². The molecule has 1 aliphatic rings. The van der Waals surface area contributed by atoms with Crippen LogP contribution in [0, 0.1) is 0 Å². The van der Waals surface area contributed by atoms with Gasteiger partial charge >= 0.3 is 0 Å². The smallest absolute Gasteiger partial charge is 0.252 e. The molecule has 1 fully saturated rings. The molecule has 6 heteroatoms. The Labute approximate surface area is 152 Å². The lowest BCUT2D eigenvalue weighted by Gasteiger charge is -2.35. The van der Waals surface area contributed by atoms with Crippen molar-refractivity contribution in [3.05, 3.63) is 69.1 Å². The molecule has 2 heterocycles. The van der Waals surface area contributed by atoms with Crippen LogP contribution >= 0.6 is 11.6 Å². The van der Waals surface area contributed by atoms with Gasteiger partial charge in [0.05, 0.1) is 11.6 Å². The minimum Gasteiger partial charge on any atom is -0.350 e. The number of carbonyl (C=O) groups excluding carboxylic acids is 1. The number of benzene rings is 1. The first-order chi connectivity index (χ1) is 12.1. The number of nitrogens with one attached hydrogen (secondary N) is 2. The molecule has 1 atom stereocenters. The van der Waals surface area contributed by atoms with E-state index < -0.39 is 0 Å². The number of pyridine rings is 1. The summed E-state index contributed by atoms with van der Waals surface area (Å²) in [6.07, 6.45) is 5.05. The maximum atomic E-state index is 12.4. The first-order valence-corrected chi connectivity index (χ1v) is 8.98. The van der Waals surface area contributed by atoms with Gasteiger partial charge < -0.3 is 10.3 Å². The Morgan fingerprint density at radius 3 is 2.48 bits per heavy atom. The molecule has 0 unspecified atom stereocenters. The molecule has 5 nitrogen and oxygen atoms in total. The first-order valence-electron chi connectivity index (χ1n) is 8.60. The summed E-state index contributed by atoms with van der Waals surface area (Å²) in [7, 11) is 0. The zero-order valence-electron chi connectivity index (χ0n) is 14.0. The van der Waals surface area contributed by atoms with E-state index in [2.05, 4.69) is 15.2 Å². The van der Waals surface area contributed by atoms with Gasteiger partial charge in [0.1, 0.15) is 0 Å². The van der Waals surface area contributed by atoms with Crippen LogP contribution < -0.4 is 10.9 Å². The molecule has 0 aliphatic carbocycles. The number of H-pyrrole nitrogens is 1. The van der Waals surface area contributed by atoms with Crippen molar-refractivity contribution in [2.75, 3.05) is 19.6 Å². The number of aromatic amines is 1. The highest BCUT2D eigenvalue weighted by Crippen LogP contribution is 2.25. The highest BCUT2D eigenvalue weighted by Gasteiger charge is 2.23. The van der Waals surface area contributed by atoms with Crippen LogP contribution in [0.15, 0.2) is 47.4 Å². The van der Waals surface area contributed by atoms with Gasteiger partial charge in [-0.05, 0) is 49.7 Å². The Hall–Kier alpha value is -2.11. The van der Waals surface area contributed by atoms with Gasteiger partial charge in [-0.3, -0.25) is 14.5 Å². The molecule has 2 N–H and O–H groups in total. The third-order valence-electron chi connectivity index (χ3n) is 4.59. The predicted molar refractivity (Wildman–Crippen MR) is 99.0 cm³/mol. The molecule has 3 rings (SSSR count). The Morgan fingerprint density at radius 1 is 1.12 bits per heavy atom. The molecule has 132 valence electrons. The van der Waals surface area contributed by atoms with Crippen LogP contribution in [-0.2, 0) is 0 Å². The molecule has 1 saturated heterocycles. The van der Waals surface area contributed by atoms with Crippen molar-refractivity contribution >= 4 is 17.5 Å². The monoisotopic (exact) mass is 359 g/mol. The van der Waals surface area contributed by atoms with Crippen LogP contribution in [-0.4, -0.2) is 35.4 Å². The number of halogens is 1. The summed E-state index contributed by atoms with van der Waals surface area (Å²) in [5.74, 6) is -0.188. The van der Waals surface area contributed by atoms with E-state index in [4.69, 9.17) is 11.6 Å². The van der Waals surface area contributed by atoms with Crippen molar-refractivity contribution in [1.29, 1.82) is 0 Å². The molecule has 25 heavy (non-hydrogen) atoms. The van der Waals surface area contributed by atoms with Crippen LogP contribution in [0.5, 0.6) is 0 Å². The third kappa shape index (κ3) is 4.71. The maximum Gasteiger partial charge on any atom is 0.252 e. The quantitative estimate of drug-likeness (QED) is 0.862. The lowest BCUT2D eigenvalue weighted by atomic mass is 10.0. The lowest BCUT2D eigenvalue weighted by molar-refractivity contribution is 0.0924. The number of aromatic nitrogens is 1. The molecule has 2 aromatic rings. The standard InChI is InChI=1S/C19H22ClN3O2/c20-16-7-4-14(5-8-16)17(23-10-2-1-3-11-23)13-22-19(25)15-6-9-18(24)21-12-15/h4-9,12,17H,1-3,10-11,13H2,(H,21,24)(H,22,25)/t17-/m0/s1. The van der Waals surface area contributed by atoms with Gasteiger partial charge in [0.2, 0.25) is 5.56 Å². The molecule has 1 aliphatic heterocycles. The largest absolute Gasteiger partial charge is 0.350 e. The molecule has 0 radical (unpaired) electrons. The molecule has 0 bridgehead atoms. The Balaban J connectivity index is 1.72. The van der Waals surface area contributed by atoms with Crippen molar-refractivity contribution in [3.63, 3.8) is 0 Å². The van der Waals surface area contributed by atoms with Gasteiger partial charge in [-0.1, -0.05) is 30.2 Å². The second-order valence-corrected chi connectivity index (χ2v) is 6.75. The normalized spacial score (nSPS) is 16.4. The summed E-state index contributed by atoms with van der Waals surface area (Å²) >= 11 is 6.01. The fraction of sp³-hybridized carbons (Fsp3) is 0.368. The van der Waals surface area contributed by atoms with Crippen molar-refractivity contribution < 1.29 is 4.79 Å². The van der Waals surface area contributed by atoms with Crippen LogP contribution in [0.25, 0.3) is 0 Å². The zero-order valence-corrected chi connectivity index (χ0v) is 14.8. The van der Waals surface area contributed by atoms with Crippen LogP contribution in [0.1, 0.15) is 41.2 Å². The van der Waals surface area contributed by atoms with E-state index in [1.165, 1.54) is 37.6 Å². The predicted octanol–water partition coefficient (Wildman–Crippen LogP) is 2.99. The highest BCUT2D eigenvalue weighted by atomic mass is 35.5. The van der Waals surface area contributed by atoms with Gasteiger partial charge in [0, 0.05) is 23.8 Å². The molecule has 0 spiro atoms. The topological polar surface area (TPSA) is 65.2 Å². The summed E-state index contributed by atoms with van der Waals surface area (Å²) in [4.78, 5) is 28.4. The Kier molecular flexibility index (Phi) is 5.89. The van der Waals surface area contributed by atoms with Crippen molar-refractivity contribution in [1.82, 2.24) is 15.2 Å². The van der Waals surface area contributed by atoms with Gasteiger partial charge in [0.15, 0.2) is 0 Å². The Morgan fingerprint density at radius 2 is 1.84 bits per heavy atom. The van der Waals surface area contributed by atoms with E-state index >= 15 is 0 Å². The molecule has 0 saturated carbocycles. The Bertz CT molecular complexity index is 746. The highest BCUT2D eigenvalue weighted by molar-refractivity contribution is 6.30. The molecule has 1 aromatic heterocycles. The maximum absolute atomic E-state index is 12.4. The van der Waals surface area contributed by atoms with Gasteiger partial charge in [-0.25, -0.2) is 0 Å². The first kappa shape index (κ1) is 17.7. The number of likely N-dealkylation sites (tertiary alicyclic amines) is 1. The van der Waals surface area contributed by atoms with E-state index in [9.17, 15) is 9.59 Å². The molecular weight excluding hydrogens is 338 g/mol. The number of hydrogen-bond donors (Lipinski definition) is 2. The second-order valence-electron chi connectivity index (χ2n) is 6.32. The van der Waals surface area contributed by atoms with Crippen LogP contribution in [0.3, 0.4) is 0 Å². The fourth-order valence-electron chi connectivity index (χ4n) is 3.22. The van der Waals surface area contributed by atoms with Gasteiger partial charge in [0.25, 0.3) is 5.91 Å². The van der Waals surface area contributed by atoms with Crippen molar-refractivity contribution in [2.24, 2.45) is 0 Å². The van der Waals surface area contributed by atoms with Gasteiger partial charge in [-0.15, -0.1) is 0 Å². The summed E-state index contributed by atoms with van der Waals surface area (Å²) < 4.78 is 0. The number of nitrogens with zero attached hydrogens (tertiary/aromatic N) is 1. The average molecular weight is 360 g/mol. The van der Waals surface area contributed by atoms with E-state index in [-0.39, 0.29) is 17.5 Å². The number of piperidine rings is 1. The van der Waals surface area contributed by atoms with Crippen LogP contribution in [0.2, 0.25) is 5.02 Å². The van der Waals surface area contributed by atoms with Gasteiger partial charge in [-0.2, -0.15) is 0 Å². The molecular formula is C19H22ClN3O2. The van der Waals surface area contributed by atoms with E-state index in [0.717, 1.165) is 18.7 Å². The van der Waals surface area contributed by atoms with Crippen molar-refractivity contribution in [3.8, 4) is 0 Å². The number of rotatable bonds is 5. The minimum absolute atomic E-state index is 0.115. The number of carbonyl (C=O) groups is 1. The van der Waals surface area contributed by atoms with E-state index in [0.29, 0.717) is 17.1 Å². The molecule has 1 aromatic carbocycles. The summed E-state index contributed by atoms with van der Waals surface area (Å²) in [6.45, 7) is 2.57. The fourth-order valence-corrected chi connectivity index (χ4v) is 3.34. The van der Waals surface area contributed by atoms with E-state index in [1.807, 2.05) is 24.3 Å². The van der Waals surface area contributed by atoms with E-state index in [1.54, 1.807) is 0 Å². The zero-order chi connectivity index (χ0) is 17.6. The lowest BCUT2D eigenvalue weighted by Crippen LogP contribution is -2.40. The van der Waals surface area contributed by atoms with Crippen LogP contribution in [0.4, 0.5) is 0 Å². The third-order valence-corrected chi connectivity index (χ3v) is 4.84. The molecule has 1 amide bonds. The SMILES string of the molecule is O=C(NC[C@@H](c1ccc(Cl)cc1)N1CCCCC1)c1ccc(=O)[nH]c1.